The lowest BCUT2D eigenvalue weighted by Gasteiger charge is -2.13. The zero-order chi connectivity index (χ0) is 19.6. The number of carbonyl (C=O) groups is 2. The number of phenols is 1. The van der Waals surface area contributed by atoms with Gasteiger partial charge in [-0.05, 0) is 31.2 Å². The van der Waals surface area contributed by atoms with Gasteiger partial charge in [0, 0.05) is 23.1 Å². The van der Waals surface area contributed by atoms with E-state index in [0.29, 0.717) is 16.5 Å². The van der Waals surface area contributed by atoms with Crippen LogP contribution < -0.4 is 5.32 Å². The first-order valence-electron chi connectivity index (χ1n) is 7.98. The number of hydrogen-bond acceptors (Lipinski definition) is 5. The lowest BCUT2D eigenvalue weighted by Crippen LogP contribution is -2.30. The van der Waals surface area contributed by atoms with E-state index in [4.69, 9.17) is 9.15 Å². The molecule has 0 saturated carbocycles. The van der Waals surface area contributed by atoms with E-state index < -0.39 is 29.6 Å². The van der Waals surface area contributed by atoms with Crippen LogP contribution in [0.4, 0.5) is 14.5 Å². The van der Waals surface area contributed by atoms with E-state index in [1.165, 1.54) is 25.3 Å². The Balaban J connectivity index is 1.62. The van der Waals surface area contributed by atoms with E-state index in [2.05, 4.69) is 5.32 Å². The number of benzene rings is 2. The number of rotatable bonds is 5. The fraction of sp³-hybridized carbons (Fsp3) is 0.158. The van der Waals surface area contributed by atoms with Crippen molar-refractivity contribution < 1.29 is 32.6 Å². The van der Waals surface area contributed by atoms with Gasteiger partial charge in [-0.25, -0.2) is 8.78 Å². The van der Waals surface area contributed by atoms with E-state index in [-0.39, 0.29) is 17.9 Å². The Morgan fingerprint density at radius 1 is 1.22 bits per heavy atom. The molecule has 3 rings (SSSR count). The van der Waals surface area contributed by atoms with Crippen LogP contribution in [0.1, 0.15) is 12.5 Å². The van der Waals surface area contributed by atoms with Crippen LogP contribution in [0.15, 0.2) is 47.1 Å². The first-order valence-corrected chi connectivity index (χ1v) is 7.98. The van der Waals surface area contributed by atoms with Gasteiger partial charge in [0.1, 0.15) is 23.0 Å². The van der Waals surface area contributed by atoms with Crippen LogP contribution in [0.3, 0.4) is 0 Å². The van der Waals surface area contributed by atoms with E-state index >= 15 is 0 Å². The van der Waals surface area contributed by atoms with Crippen molar-refractivity contribution in [1.29, 1.82) is 0 Å². The molecule has 0 radical (unpaired) electrons. The minimum atomic E-state index is -1.22. The Morgan fingerprint density at radius 2 is 2.00 bits per heavy atom. The number of ether oxygens (including phenoxy) is 1. The molecular formula is C19H15F2NO5. The third-order valence-corrected chi connectivity index (χ3v) is 3.84. The molecule has 2 N–H and O–H groups in total. The fourth-order valence-electron chi connectivity index (χ4n) is 2.48. The van der Waals surface area contributed by atoms with Crippen LogP contribution in [0.25, 0.3) is 11.0 Å². The van der Waals surface area contributed by atoms with Crippen LogP contribution in [0.5, 0.6) is 5.75 Å². The van der Waals surface area contributed by atoms with Gasteiger partial charge in [0.25, 0.3) is 5.91 Å². The normalized spacial score (nSPS) is 12.0. The van der Waals surface area contributed by atoms with Gasteiger partial charge >= 0.3 is 5.97 Å². The summed E-state index contributed by atoms with van der Waals surface area (Å²) in [6.45, 7) is 1.32. The molecule has 0 fully saturated rings. The van der Waals surface area contributed by atoms with Crippen molar-refractivity contribution in [3.8, 4) is 5.75 Å². The number of furan rings is 1. The molecule has 140 valence electrons. The standard InChI is InChI=1S/C19H15F2NO5/c1-10(19(25)22-16-7-12(20)2-5-15(16)21)27-18(24)6-11-9-26-17-8-13(23)3-4-14(11)17/h2-5,7-10,23H,6H2,1H3,(H,22,25)/t10-/m0/s1. The number of aromatic hydroxyl groups is 1. The first kappa shape index (κ1) is 18.4. The van der Waals surface area contributed by atoms with Gasteiger partial charge in [-0.2, -0.15) is 0 Å². The SMILES string of the molecule is C[C@H](OC(=O)Cc1coc2cc(O)ccc12)C(=O)Nc1cc(F)ccc1F. The van der Waals surface area contributed by atoms with Gasteiger partial charge < -0.3 is 19.6 Å². The zero-order valence-corrected chi connectivity index (χ0v) is 14.2. The molecule has 0 spiro atoms. The Labute approximate surface area is 152 Å². The van der Waals surface area contributed by atoms with Crippen molar-refractivity contribution in [3.63, 3.8) is 0 Å². The topological polar surface area (TPSA) is 88.8 Å². The number of esters is 1. The number of anilines is 1. The van der Waals surface area contributed by atoms with Crippen molar-refractivity contribution in [2.24, 2.45) is 0 Å². The molecule has 6 nitrogen and oxygen atoms in total. The van der Waals surface area contributed by atoms with E-state index in [1.807, 2.05) is 0 Å². The van der Waals surface area contributed by atoms with Crippen LogP contribution >= 0.6 is 0 Å². The van der Waals surface area contributed by atoms with E-state index in [9.17, 15) is 23.5 Å². The number of hydrogen-bond donors (Lipinski definition) is 2. The lowest BCUT2D eigenvalue weighted by atomic mass is 10.1. The number of halogens is 2. The van der Waals surface area contributed by atoms with E-state index in [1.54, 1.807) is 6.07 Å². The van der Waals surface area contributed by atoms with Gasteiger partial charge in [-0.3, -0.25) is 9.59 Å². The second-order valence-electron chi connectivity index (χ2n) is 5.86. The lowest BCUT2D eigenvalue weighted by molar-refractivity contribution is -0.152. The Kier molecular flexibility index (Phi) is 5.07. The molecule has 1 heterocycles. The molecule has 0 bridgehead atoms. The average molecular weight is 375 g/mol. The molecule has 0 unspecified atom stereocenters. The number of carbonyl (C=O) groups excluding carboxylic acids is 2. The smallest absolute Gasteiger partial charge is 0.311 e. The average Bonchev–Trinajstić information content (AvgIpc) is 2.99. The van der Waals surface area contributed by atoms with Gasteiger partial charge in [-0.1, -0.05) is 0 Å². The van der Waals surface area contributed by atoms with Crippen LogP contribution in [0, 0.1) is 11.6 Å². The molecule has 8 heteroatoms. The maximum atomic E-state index is 13.6. The number of amides is 1. The summed E-state index contributed by atoms with van der Waals surface area (Å²) in [6.07, 6.45) is -0.0236. The number of fused-ring (bicyclic) bond motifs is 1. The highest BCUT2D eigenvalue weighted by molar-refractivity contribution is 5.95. The number of phenolic OH excluding ortho intramolecular Hbond substituents is 1. The monoisotopic (exact) mass is 375 g/mol. The van der Waals surface area contributed by atoms with Crippen LogP contribution in [-0.4, -0.2) is 23.1 Å². The highest BCUT2D eigenvalue weighted by Gasteiger charge is 2.20. The highest BCUT2D eigenvalue weighted by Crippen LogP contribution is 2.25. The van der Waals surface area contributed by atoms with Gasteiger partial charge in [0.05, 0.1) is 18.4 Å². The van der Waals surface area contributed by atoms with Crippen molar-refractivity contribution in [2.75, 3.05) is 5.32 Å². The molecule has 0 aliphatic carbocycles. The second kappa shape index (κ2) is 7.45. The molecule has 0 aliphatic heterocycles. The summed E-state index contributed by atoms with van der Waals surface area (Å²) >= 11 is 0. The molecule has 0 saturated heterocycles. The van der Waals surface area contributed by atoms with Gasteiger partial charge in [-0.15, -0.1) is 0 Å². The molecule has 1 aromatic heterocycles. The molecule has 1 amide bonds. The minimum absolute atomic E-state index is 0.0286. The van der Waals surface area contributed by atoms with Crippen LogP contribution in [0.2, 0.25) is 0 Å². The van der Waals surface area contributed by atoms with E-state index in [0.717, 1.165) is 18.2 Å². The van der Waals surface area contributed by atoms with Crippen molar-refractivity contribution in [2.45, 2.75) is 19.4 Å². The van der Waals surface area contributed by atoms with Crippen molar-refractivity contribution in [3.05, 3.63) is 59.9 Å². The maximum Gasteiger partial charge on any atom is 0.311 e. The predicted octanol–water partition coefficient (Wildman–Crippen LogP) is 3.53. The molecule has 0 aliphatic rings. The summed E-state index contributed by atoms with van der Waals surface area (Å²) in [5.74, 6) is -2.99. The molecule has 27 heavy (non-hydrogen) atoms. The van der Waals surface area contributed by atoms with Crippen LogP contribution in [-0.2, 0) is 20.7 Å². The first-order chi connectivity index (χ1) is 12.8. The molecule has 3 aromatic rings. The summed E-state index contributed by atoms with van der Waals surface area (Å²) in [7, 11) is 0. The van der Waals surface area contributed by atoms with Crippen molar-refractivity contribution >= 4 is 28.5 Å². The summed E-state index contributed by atoms with van der Waals surface area (Å²) in [5.41, 5.74) is 0.590. The highest BCUT2D eigenvalue weighted by atomic mass is 19.1. The Hall–Kier alpha value is -3.42. The largest absolute Gasteiger partial charge is 0.508 e. The summed E-state index contributed by atoms with van der Waals surface area (Å²) in [4.78, 5) is 24.1. The summed E-state index contributed by atoms with van der Waals surface area (Å²) in [6, 6.07) is 7.09. The molecular weight excluding hydrogens is 360 g/mol. The molecule has 2 aromatic carbocycles. The summed E-state index contributed by atoms with van der Waals surface area (Å²) in [5, 5.41) is 12.2. The Morgan fingerprint density at radius 3 is 2.78 bits per heavy atom. The molecule has 1 atom stereocenters. The fourth-order valence-corrected chi connectivity index (χ4v) is 2.48. The Bertz CT molecular complexity index is 1010. The number of nitrogens with one attached hydrogen (secondary N) is 1. The predicted molar refractivity (Wildman–Crippen MR) is 92.1 cm³/mol. The third kappa shape index (κ3) is 4.22. The summed E-state index contributed by atoms with van der Waals surface area (Å²) < 4.78 is 37.0. The quantitative estimate of drug-likeness (QED) is 0.666. The minimum Gasteiger partial charge on any atom is -0.508 e. The third-order valence-electron chi connectivity index (χ3n) is 3.84. The maximum absolute atomic E-state index is 13.6. The van der Waals surface area contributed by atoms with Crippen molar-refractivity contribution in [1.82, 2.24) is 0 Å². The zero-order valence-electron chi connectivity index (χ0n) is 14.2. The second-order valence-corrected chi connectivity index (χ2v) is 5.86. The van der Waals surface area contributed by atoms with Gasteiger partial charge in [0.15, 0.2) is 6.10 Å². The van der Waals surface area contributed by atoms with Gasteiger partial charge in [0.2, 0.25) is 0 Å².